The van der Waals surface area contributed by atoms with E-state index >= 15 is 0 Å². The summed E-state index contributed by atoms with van der Waals surface area (Å²) in [5.41, 5.74) is 3.17. The van der Waals surface area contributed by atoms with Crippen molar-refractivity contribution in [3.05, 3.63) is 39.8 Å². The molecule has 1 saturated carbocycles. The van der Waals surface area contributed by atoms with Crippen LogP contribution in [0.25, 0.3) is 21.8 Å². The van der Waals surface area contributed by atoms with Crippen LogP contribution in [0.3, 0.4) is 0 Å². The molecule has 1 aromatic carbocycles. The topological polar surface area (TPSA) is 83.5 Å². The van der Waals surface area contributed by atoms with E-state index in [1.165, 1.54) is 12.8 Å². The molecule has 1 amide bonds. The first kappa shape index (κ1) is 22.7. The number of hydrogen-bond acceptors (Lipinski definition) is 5. The molecule has 2 saturated heterocycles. The molecule has 1 N–H and O–H groups in total. The fourth-order valence-electron chi connectivity index (χ4n) is 6.29. The van der Waals surface area contributed by atoms with Gasteiger partial charge in [-0.1, -0.05) is 12.8 Å². The summed E-state index contributed by atoms with van der Waals surface area (Å²) in [7, 11) is 0. The van der Waals surface area contributed by atoms with Crippen molar-refractivity contribution in [3.63, 3.8) is 0 Å². The average molecular weight is 478 g/mol. The number of piperidine rings is 1. The van der Waals surface area contributed by atoms with E-state index in [2.05, 4.69) is 15.0 Å². The van der Waals surface area contributed by atoms with Gasteiger partial charge in [0.2, 0.25) is 0 Å². The van der Waals surface area contributed by atoms with E-state index in [9.17, 15) is 9.59 Å². The molecule has 4 heterocycles. The van der Waals surface area contributed by atoms with Gasteiger partial charge < -0.3 is 14.6 Å². The smallest absolute Gasteiger partial charge is 0.259 e. The molecule has 2 aliphatic heterocycles. The lowest BCUT2D eigenvalue weighted by molar-refractivity contribution is 0.0243. The Morgan fingerprint density at radius 2 is 1.80 bits per heavy atom. The number of benzene rings is 1. The first-order valence-electron chi connectivity index (χ1n) is 13.2. The van der Waals surface area contributed by atoms with E-state index in [1.807, 2.05) is 28.6 Å². The number of nitrogens with zero attached hydrogens (tertiary/aromatic N) is 4. The van der Waals surface area contributed by atoms with Gasteiger partial charge >= 0.3 is 0 Å². The van der Waals surface area contributed by atoms with Crippen LogP contribution in [-0.4, -0.2) is 76.4 Å². The number of aromatic nitrogens is 3. The van der Waals surface area contributed by atoms with Crippen molar-refractivity contribution in [3.8, 4) is 0 Å². The molecule has 3 fully saturated rings. The van der Waals surface area contributed by atoms with Gasteiger partial charge in [-0.15, -0.1) is 0 Å². The summed E-state index contributed by atoms with van der Waals surface area (Å²) in [4.78, 5) is 34.0. The highest BCUT2D eigenvalue weighted by Crippen LogP contribution is 2.34. The number of carbonyl (C=O) groups is 1. The third kappa shape index (κ3) is 4.27. The SMILES string of the molecule is Cc1cc2[nH]c(=O)c3cnn(C4CCCC4)c3c2cc1C(=O)N1CCC(CN2CCOCC2)CC1. The maximum atomic E-state index is 13.6. The quantitative estimate of drug-likeness (QED) is 0.622. The van der Waals surface area contributed by atoms with E-state index < -0.39 is 0 Å². The predicted octanol–water partition coefficient (Wildman–Crippen LogP) is 3.49. The first-order valence-corrected chi connectivity index (χ1v) is 13.2. The second-order valence-corrected chi connectivity index (χ2v) is 10.6. The van der Waals surface area contributed by atoms with Crippen LogP contribution in [0.15, 0.2) is 23.1 Å². The second-order valence-electron chi connectivity index (χ2n) is 10.6. The van der Waals surface area contributed by atoms with Crippen molar-refractivity contribution < 1.29 is 9.53 Å². The molecule has 6 rings (SSSR count). The van der Waals surface area contributed by atoms with E-state index in [-0.39, 0.29) is 11.5 Å². The van der Waals surface area contributed by atoms with E-state index in [0.717, 1.165) is 99.2 Å². The molecule has 8 nitrogen and oxygen atoms in total. The Bertz CT molecular complexity index is 1290. The van der Waals surface area contributed by atoms with Crippen molar-refractivity contribution in [1.29, 1.82) is 0 Å². The highest BCUT2D eigenvalue weighted by Gasteiger charge is 2.27. The Balaban J connectivity index is 1.27. The van der Waals surface area contributed by atoms with Gasteiger partial charge in [-0.25, -0.2) is 0 Å². The van der Waals surface area contributed by atoms with Gasteiger partial charge in [0.1, 0.15) is 0 Å². The number of carbonyl (C=O) groups excluding carboxylic acids is 1. The normalized spacial score (nSPS) is 20.9. The Kier molecular flexibility index (Phi) is 6.10. The van der Waals surface area contributed by atoms with Gasteiger partial charge in [0, 0.05) is 43.7 Å². The van der Waals surface area contributed by atoms with Crippen molar-refractivity contribution in [2.45, 2.75) is 51.5 Å². The number of amides is 1. The first-order chi connectivity index (χ1) is 17.1. The van der Waals surface area contributed by atoms with Gasteiger partial charge in [0.15, 0.2) is 0 Å². The Morgan fingerprint density at radius 3 is 2.54 bits per heavy atom. The van der Waals surface area contributed by atoms with Crippen LogP contribution in [0.4, 0.5) is 0 Å². The molecular formula is C27H35N5O3. The minimum atomic E-state index is -0.113. The number of rotatable bonds is 4. The summed E-state index contributed by atoms with van der Waals surface area (Å²) >= 11 is 0. The standard InChI is InChI=1S/C27H35N5O3/c1-18-14-24-22(25-23(26(33)29-24)16-28-32(25)20-4-2-3-5-20)15-21(18)27(34)31-8-6-19(7-9-31)17-30-10-12-35-13-11-30/h14-16,19-20H,2-13,17H2,1H3,(H,29,33). The second kappa shape index (κ2) is 9.39. The lowest BCUT2D eigenvalue weighted by Crippen LogP contribution is -2.44. The summed E-state index contributed by atoms with van der Waals surface area (Å²) in [6.07, 6.45) is 8.33. The van der Waals surface area contributed by atoms with Crippen LogP contribution in [0.2, 0.25) is 0 Å². The highest BCUT2D eigenvalue weighted by atomic mass is 16.5. The maximum Gasteiger partial charge on any atom is 0.259 e. The summed E-state index contributed by atoms with van der Waals surface area (Å²) in [5.74, 6) is 0.737. The lowest BCUT2D eigenvalue weighted by atomic mass is 9.94. The average Bonchev–Trinajstić information content (AvgIpc) is 3.55. The lowest BCUT2D eigenvalue weighted by Gasteiger charge is -2.36. The number of morpholine rings is 1. The van der Waals surface area contributed by atoms with E-state index in [0.29, 0.717) is 17.3 Å². The maximum absolute atomic E-state index is 13.6. The number of pyridine rings is 1. The molecule has 0 atom stereocenters. The van der Waals surface area contributed by atoms with Crippen LogP contribution < -0.4 is 5.56 Å². The van der Waals surface area contributed by atoms with Crippen LogP contribution >= 0.6 is 0 Å². The highest BCUT2D eigenvalue weighted by molar-refractivity contribution is 6.07. The molecular weight excluding hydrogens is 442 g/mol. The molecule has 0 radical (unpaired) electrons. The predicted molar refractivity (Wildman–Crippen MR) is 136 cm³/mol. The zero-order valence-corrected chi connectivity index (χ0v) is 20.6. The van der Waals surface area contributed by atoms with Gasteiger partial charge in [-0.05, 0) is 56.2 Å². The van der Waals surface area contributed by atoms with Crippen molar-refractivity contribution in [1.82, 2.24) is 24.6 Å². The fraction of sp³-hybridized carbons (Fsp3) is 0.593. The molecule has 3 aliphatic rings. The van der Waals surface area contributed by atoms with Crippen LogP contribution in [0.1, 0.15) is 60.5 Å². The molecule has 1 aliphatic carbocycles. The zero-order chi connectivity index (χ0) is 23.9. The minimum absolute atomic E-state index is 0.0977. The number of H-pyrrole nitrogens is 1. The number of hydrogen-bond donors (Lipinski definition) is 1. The minimum Gasteiger partial charge on any atom is -0.379 e. The number of ether oxygens (including phenoxy) is 1. The van der Waals surface area contributed by atoms with Gasteiger partial charge in [-0.3, -0.25) is 19.2 Å². The third-order valence-electron chi connectivity index (χ3n) is 8.33. The molecule has 0 bridgehead atoms. The molecule has 8 heteroatoms. The molecule has 3 aromatic rings. The summed E-state index contributed by atoms with van der Waals surface area (Å²) in [5, 5.41) is 6.14. The Morgan fingerprint density at radius 1 is 1.06 bits per heavy atom. The number of likely N-dealkylation sites (tertiary alicyclic amines) is 1. The number of aromatic amines is 1. The Hall–Kier alpha value is -2.71. The molecule has 0 unspecified atom stereocenters. The monoisotopic (exact) mass is 477 g/mol. The molecule has 35 heavy (non-hydrogen) atoms. The molecule has 0 spiro atoms. The van der Waals surface area contributed by atoms with Crippen molar-refractivity contribution in [2.75, 3.05) is 45.9 Å². The molecule has 186 valence electrons. The number of fused-ring (bicyclic) bond motifs is 3. The van der Waals surface area contributed by atoms with Gasteiger partial charge in [0.25, 0.3) is 11.5 Å². The van der Waals surface area contributed by atoms with E-state index in [1.54, 1.807) is 6.20 Å². The summed E-state index contributed by atoms with van der Waals surface area (Å²) in [6, 6.07) is 4.28. The van der Waals surface area contributed by atoms with Crippen molar-refractivity contribution >= 4 is 27.7 Å². The third-order valence-corrected chi connectivity index (χ3v) is 8.33. The van der Waals surface area contributed by atoms with E-state index in [4.69, 9.17) is 4.74 Å². The van der Waals surface area contributed by atoms with Crippen LogP contribution in [-0.2, 0) is 4.74 Å². The number of nitrogens with one attached hydrogen (secondary N) is 1. The molecule has 2 aromatic heterocycles. The zero-order valence-electron chi connectivity index (χ0n) is 20.6. The van der Waals surface area contributed by atoms with Crippen molar-refractivity contribution in [2.24, 2.45) is 5.92 Å². The number of aryl methyl sites for hydroxylation is 1. The summed E-state index contributed by atoms with van der Waals surface area (Å²) in [6.45, 7) is 8.37. The summed E-state index contributed by atoms with van der Waals surface area (Å²) < 4.78 is 7.52. The van der Waals surface area contributed by atoms with Crippen LogP contribution in [0.5, 0.6) is 0 Å². The Labute approximate surface area is 205 Å². The van der Waals surface area contributed by atoms with Gasteiger partial charge in [0.05, 0.1) is 41.9 Å². The van der Waals surface area contributed by atoms with Gasteiger partial charge in [-0.2, -0.15) is 5.10 Å². The largest absolute Gasteiger partial charge is 0.379 e. The fourth-order valence-corrected chi connectivity index (χ4v) is 6.29. The van der Waals surface area contributed by atoms with Crippen LogP contribution in [0, 0.1) is 12.8 Å².